The zero-order valence-corrected chi connectivity index (χ0v) is 17.2. The molecule has 7 nitrogen and oxygen atoms in total. The minimum atomic E-state index is -0.178. The molecule has 152 valence electrons. The molecule has 0 aliphatic heterocycles. The van der Waals surface area contributed by atoms with Crippen LogP contribution in [-0.2, 0) is 10.5 Å². The smallest absolute Gasteiger partial charge is 0.234 e. The van der Waals surface area contributed by atoms with Crippen LogP contribution in [0.25, 0.3) is 10.9 Å². The highest BCUT2D eigenvalue weighted by Gasteiger charge is 2.11. The average molecular weight is 414 g/mol. The SMILES string of the molecule is COc1ccc(OC)c(NC(=O)CSCc2cc(=O)c3cccc(OC)c3[nH]2)c1. The van der Waals surface area contributed by atoms with Gasteiger partial charge in [-0.25, -0.2) is 0 Å². The van der Waals surface area contributed by atoms with E-state index in [1.54, 1.807) is 56.7 Å². The van der Waals surface area contributed by atoms with Crippen molar-refractivity contribution in [1.82, 2.24) is 4.98 Å². The van der Waals surface area contributed by atoms with Gasteiger partial charge in [-0.15, -0.1) is 11.8 Å². The number of amides is 1. The number of rotatable bonds is 8. The zero-order chi connectivity index (χ0) is 20.8. The van der Waals surface area contributed by atoms with Crippen LogP contribution in [0.3, 0.4) is 0 Å². The number of para-hydroxylation sites is 1. The van der Waals surface area contributed by atoms with Gasteiger partial charge in [0, 0.05) is 29.0 Å². The number of aromatic amines is 1. The van der Waals surface area contributed by atoms with Gasteiger partial charge in [0.05, 0.1) is 38.3 Å². The van der Waals surface area contributed by atoms with E-state index in [1.807, 2.05) is 0 Å². The van der Waals surface area contributed by atoms with E-state index < -0.39 is 0 Å². The monoisotopic (exact) mass is 414 g/mol. The van der Waals surface area contributed by atoms with Crippen LogP contribution < -0.4 is 25.0 Å². The van der Waals surface area contributed by atoms with Crippen molar-refractivity contribution in [2.75, 3.05) is 32.4 Å². The van der Waals surface area contributed by atoms with Gasteiger partial charge in [-0.3, -0.25) is 9.59 Å². The standard InChI is InChI=1S/C21H22N2O5S/c1-26-14-7-8-18(27-2)16(10-14)23-20(25)12-29-11-13-9-17(24)15-5-4-6-19(28-3)21(15)22-13/h4-10H,11-12H2,1-3H3,(H,22,24)(H,23,25). The van der Waals surface area contributed by atoms with E-state index in [4.69, 9.17) is 14.2 Å². The van der Waals surface area contributed by atoms with Crippen LogP contribution >= 0.6 is 11.8 Å². The molecule has 29 heavy (non-hydrogen) atoms. The number of methoxy groups -OCH3 is 3. The Morgan fingerprint density at radius 2 is 1.83 bits per heavy atom. The van der Waals surface area contributed by atoms with Crippen LogP contribution in [0.5, 0.6) is 17.2 Å². The summed E-state index contributed by atoms with van der Waals surface area (Å²) in [4.78, 5) is 27.9. The third-order valence-electron chi connectivity index (χ3n) is 4.27. The summed E-state index contributed by atoms with van der Waals surface area (Å²) in [5.41, 5.74) is 1.84. The topological polar surface area (TPSA) is 89.7 Å². The van der Waals surface area contributed by atoms with Gasteiger partial charge >= 0.3 is 0 Å². The molecule has 0 radical (unpaired) electrons. The maximum Gasteiger partial charge on any atom is 0.234 e. The van der Waals surface area contributed by atoms with Crippen molar-refractivity contribution in [1.29, 1.82) is 0 Å². The summed E-state index contributed by atoms with van der Waals surface area (Å²) in [5.74, 6) is 2.29. The van der Waals surface area contributed by atoms with Crippen LogP contribution in [0.1, 0.15) is 5.69 Å². The van der Waals surface area contributed by atoms with Gasteiger partial charge in [-0.05, 0) is 24.3 Å². The van der Waals surface area contributed by atoms with E-state index in [2.05, 4.69) is 10.3 Å². The molecule has 8 heteroatoms. The van der Waals surface area contributed by atoms with E-state index >= 15 is 0 Å². The van der Waals surface area contributed by atoms with E-state index in [0.717, 1.165) is 5.69 Å². The number of anilines is 1. The summed E-state index contributed by atoms with van der Waals surface area (Å²) in [7, 11) is 4.66. The number of pyridine rings is 1. The molecule has 0 atom stereocenters. The van der Waals surface area contributed by atoms with Crippen LogP contribution in [0, 0.1) is 0 Å². The molecule has 0 bridgehead atoms. The summed E-state index contributed by atoms with van der Waals surface area (Å²) >= 11 is 1.39. The van der Waals surface area contributed by atoms with Crippen molar-refractivity contribution in [2.24, 2.45) is 0 Å². The van der Waals surface area contributed by atoms with Crippen molar-refractivity contribution >= 4 is 34.3 Å². The predicted octanol–water partition coefficient (Wildman–Crippen LogP) is 3.43. The minimum Gasteiger partial charge on any atom is -0.497 e. The van der Waals surface area contributed by atoms with Gasteiger partial charge in [-0.2, -0.15) is 0 Å². The molecule has 3 rings (SSSR count). The van der Waals surface area contributed by atoms with Crippen molar-refractivity contribution < 1.29 is 19.0 Å². The maximum absolute atomic E-state index is 12.3. The second kappa shape index (κ2) is 9.38. The number of nitrogens with one attached hydrogen (secondary N) is 2. The zero-order valence-electron chi connectivity index (χ0n) is 16.4. The van der Waals surface area contributed by atoms with Crippen molar-refractivity contribution in [3.05, 3.63) is 58.4 Å². The summed E-state index contributed by atoms with van der Waals surface area (Å²) in [6.07, 6.45) is 0. The minimum absolute atomic E-state index is 0.0844. The fourth-order valence-electron chi connectivity index (χ4n) is 2.90. The molecule has 2 N–H and O–H groups in total. The summed E-state index contributed by atoms with van der Waals surface area (Å²) < 4.78 is 15.8. The summed E-state index contributed by atoms with van der Waals surface area (Å²) in [5, 5.41) is 3.40. The number of carbonyl (C=O) groups is 1. The molecule has 0 aliphatic rings. The molecular formula is C21H22N2O5S. The third kappa shape index (κ3) is 4.83. The molecule has 1 aromatic heterocycles. The highest BCUT2D eigenvalue weighted by atomic mass is 32.2. The largest absolute Gasteiger partial charge is 0.497 e. The number of aromatic nitrogens is 1. The van der Waals surface area contributed by atoms with Crippen LogP contribution in [-0.4, -0.2) is 38.0 Å². The molecule has 0 saturated heterocycles. The number of ether oxygens (including phenoxy) is 3. The first-order chi connectivity index (χ1) is 14.0. The Kier molecular flexibility index (Phi) is 6.66. The van der Waals surface area contributed by atoms with Gasteiger partial charge in [0.25, 0.3) is 0 Å². The third-order valence-corrected chi connectivity index (χ3v) is 5.26. The highest BCUT2D eigenvalue weighted by molar-refractivity contribution is 7.99. The van der Waals surface area contributed by atoms with Crippen LogP contribution in [0.15, 0.2) is 47.3 Å². The van der Waals surface area contributed by atoms with Crippen LogP contribution in [0.2, 0.25) is 0 Å². The summed E-state index contributed by atoms with van der Waals surface area (Å²) in [6, 6.07) is 12.1. The molecular weight excluding hydrogens is 392 g/mol. The molecule has 0 aliphatic carbocycles. The second-order valence-corrected chi connectivity index (χ2v) is 7.13. The molecule has 1 amide bonds. The fourth-order valence-corrected chi connectivity index (χ4v) is 3.63. The summed E-state index contributed by atoms with van der Waals surface area (Å²) in [6.45, 7) is 0. The van der Waals surface area contributed by atoms with Crippen molar-refractivity contribution in [3.63, 3.8) is 0 Å². The number of hydrogen-bond acceptors (Lipinski definition) is 6. The maximum atomic E-state index is 12.3. The van der Waals surface area contributed by atoms with Gasteiger partial charge in [0.2, 0.25) is 5.91 Å². The first kappa shape index (κ1) is 20.6. The fraction of sp³-hybridized carbons (Fsp3) is 0.238. The number of benzene rings is 2. The van der Waals surface area contributed by atoms with Gasteiger partial charge in [0.1, 0.15) is 17.2 Å². The molecule has 0 spiro atoms. The van der Waals surface area contributed by atoms with Gasteiger partial charge in [-0.1, -0.05) is 6.07 Å². The van der Waals surface area contributed by atoms with Gasteiger partial charge in [0.15, 0.2) is 5.43 Å². The van der Waals surface area contributed by atoms with E-state index in [0.29, 0.717) is 39.6 Å². The number of fused-ring (bicyclic) bond motifs is 1. The van der Waals surface area contributed by atoms with Crippen LogP contribution in [0.4, 0.5) is 5.69 Å². The lowest BCUT2D eigenvalue weighted by molar-refractivity contribution is -0.113. The number of carbonyl (C=O) groups excluding carboxylic acids is 1. The molecule has 0 unspecified atom stereocenters. The van der Waals surface area contributed by atoms with Crippen molar-refractivity contribution in [3.8, 4) is 17.2 Å². The Balaban J connectivity index is 1.66. The number of H-pyrrole nitrogens is 1. The second-order valence-electron chi connectivity index (χ2n) is 6.15. The van der Waals surface area contributed by atoms with Gasteiger partial charge < -0.3 is 24.5 Å². The lowest BCUT2D eigenvalue weighted by atomic mass is 10.2. The Morgan fingerprint density at radius 1 is 1.03 bits per heavy atom. The Bertz CT molecular complexity index is 1080. The molecule has 1 heterocycles. The first-order valence-corrected chi connectivity index (χ1v) is 9.99. The van der Waals surface area contributed by atoms with Crippen molar-refractivity contribution in [2.45, 2.75) is 5.75 Å². The number of hydrogen-bond donors (Lipinski definition) is 2. The normalized spacial score (nSPS) is 10.6. The molecule has 3 aromatic rings. The lowest BCUT2D eigenvalue weighted by Crippen LogP contribution is -2.15. The molecule has 0 fully saturated rings. The Morgan fingerprint density at radius 3 is 2.55 bits per heavy atom. The Labute approximate surface area is 172 Å². The molecule has 0 saturated carbocycles. The van der Waals surface area contributed by atoms with E-state index in [-0.39, 0.29) is 17.1 Å². The quantitative estimate of drug-likeness (QED) is 0.587. The lowest BCUT2D eigenvalue weighted by Gasteiger charge is -2.12. The number of thioether (sulfide) groups is 1. The average Bonchev–Trinajstić information content (AvgIpc) is 2.73. The van der Waals surface area contributed by atoms with E-state index in [9.17, 15) is 9.59 Å². The Hall–Kier alpha value is -3.13. The predicted molar refractivity (Wildman–Crippen MR) is 115 cm³/mol. The first-order valence-electron chi connectivity index (χ1n) is 8.84. The molecule has 2 aromatic carbocycles. The highest BCUT2D eigenvalue weighted by Crippen LogP contribution is 2.29. The van der Waals surface area contributed by atoms with E-state index in [1.165, 1.54) is 18.9 Å².